The van der Waals surface area contributed by atoms with Crippen LogP contribution in [-0.4, -0.2) is 30.0 Å². The summed E-state index contributed by atoms with van der Waals surface area (Å²) in [6.07, 6.45) is -0.474. The molecule has 35 heavy (non-hydrogen) atoms. The molecule has 8 nitrogen and oxygen atoms in total. The molecule has 0 radical (unpaired) electrons. The van der Waals surface area contributed by atoms with E-state index in [-0.39, 0.29) is 19.4 Å². The second-order valence-electron chi connectivity index (χ2n) is 7.93. The van der Waals surface area contributed by atoms with Crippen LogP contribution in [0.4, 0.5) is 4.79 Å². The molecule has 0 aliphatic heterocycles. The first-order valence-electron chi connectivity index (χ1n) is 11.0. The zero-order valence-electron chi connectivity index (χ0n) is 19.0. The lowest BCUT2D eigenvalue weighted by atomic mass is 10.0. The smallest absolute Gasteiger partial charge is 0.408 e. The third kappa shape index (κ3) is 8.02. The van der Waals surface area contributed by atoms with Crippen molar-refractivity contribution in [1.82, 2.24) is 10.6 Å². The van der Waals surface area contributed by atoms with Gasteiger partial charge in [-0.3, -0.25) is 9.59 Å². The Hall–Kier alpha value is -4.64. The summed E-state index contributed by atoms with van der Waals surface area (Å²) < 4.78 is 5.27. The molecule has 0 saturated heterocycles. The largest absolute Gasteiger partial charge is 0.445 e. The minimum atomic E-state index is -1.03. The first-order chi connectivity index (χ1) is 16.9. The number of carbonyl (C=O) groups excluding carboxylic acids is 3. The molecule has 2 atom stereocenters. The number of alkyl carbamates (subject to hydrolysis) is 1. The van der Waals surface area contributed by atoms with E-state index in [0.29, 0.717) is 11.1 Å². The summed E-state index contributed by atoms with van der Waals surface area (Å²) in [4.78, 5) is 37.7. The fraction of sp³-hybridized carbons (Fsp3) is 0.185. The van der Waals surface area contributed by atoms with E-state index < -0.39 is 30.0 Å². The van der Waals surface area contributed by atoms with Gasteiger partial charge < -0.3 is 21.1 Å². The minimum absolute atomic E-state index is 0.0471. The van der Waals surface area contributed by atoms with Gasteiger partial charge in [0.1, 0.15) is 18.7 Å². The van der Waals surface area contributed by atoms with E-state index in [1.54, 1.807) is 24.3 Å². The molecule has 4 N–H and O–H groups in total. The number of primary amides is 1. The number of benzene rings is 3. The Morgan fingerprint density at radius 1 is 0.800 bits per heavy atom. The van der Waals surface area contributed by atoms with Gasteiger partial charge in [0.25, 0.3) is 0 Å². The van der Waals surface area contributed by atoms with E-state index in [9.17, 15) is 14.4 Å². The number of hydrogen-bond acceptors (Lipinski definition) is 5. The summed E-state index contributed by atoms with van der Waals surface area (Å²) >= 11 is 0. The molecule has 0 aliphatic carbocycles. The second kappa shape index (κ2) is 12.6. The average Bonchev–Trinajstić information content (AvgIpc) is 2.88. The Bertz CT molecular complexity index is 1190. The Labute approximate surface area is 203 Å². The van der Waals surface area contributed by atoms with Crippen molar-refractivity contribution < 1.29 is 19.1 Å². The van der Waals surface area contributed by atoms with Gasteiger partial charge in [0.2, 0.25) is 11.8 Å². The van der Waals surface area contributed by atoms with Gasteiger partial charge >= 0.3 is 6.09 Å². The third-order valence-corrected chi connectivity index (χ3v) is 5.26. The molecular weight excluding hydrogens is 444 g/mol. The molecule has 0 fully saturated rings. The van der Waals surface area contributed by atoms with Crippen molar-refractivity contribution in [2.75, 3.05) is 0 Å². The van der Waals surface area contributed by atoms with Crippen LogP contribution in [0.25, 0.3) is 0 Å². The monoisotopic (exact) mass is 470 g/mol. The number of amides is 3. The highest BCUT2D eigenvalue weighted by Gasteiger charge is 2.26. The predicted octanol–water partition coefficient (Wildman–Crippen LogP) is 2.61. The van der Waals surface area contributed by atoms with E-state index >= 15 is 0 Å². The van der Waals surface area contributed by atoms with Crippen LogP contribution in [0.2, 0.25) is 0 Å². The number of carbonyl (C=O) groups is 3. The molecule has 3 aromatic rings. The molecule has 3 amide bonds. The SMILES string of the molecule is N#Cc1cccc(C[C@H](NC(=O)[C@@H](Cc2ccccc2)NC(=O)OCc2ccccc2)C(N)=O)c1. The molecule has 8 heteroatoms. The van der Waals surface area contributed by atoms with E-state index in [2.05, 4.69) is 10.6 Å². The van der Waals surface area contributed by atoms with Crippen molar-refractivity contribution in [3.8, 4) is 6.07 Å². The molecule has 3 aromatic carbocycles. The zero-order valence-corrected chi connectivity index (χ0v) is 19.0. The molecule has 0 aliphatic rings. The van der Waals surface area contributed by atoms with Gasteiger partial charge in [-0.1, -0.05) is 72.8 Å². The molecule has 0 unspecified atom stereocenters. The number of nitrogens with one attached hydrogen (secondary N) is 2. The predicted molar refractivity (Wildman–Crippen MR) is 130 cm³/mol. The standard InChI is InChI=1S/C27H26N4O4/c28-17-22-13-7-12-21(14-22)16-23(25(29)32)30-26(33)24(15-19-8-3-1-4-9-19)31-27(34)35-18-20-10-5-2-6-11-20/h1-14,23-24H,15-16,18H2,(H2,29,32)(H,30,33)(H,31,34)/t23-,24+/m0/s1. The summed E-state index contributed by atoms with van der Waals surface area (Å²) in [5.41, 5.74) is 8.26. The number of rotatable bonds is 10. The topological polar surface area (TPSA) is 134 Å². The molecular formula is C27H26N4O4. The van der Waals surface area contributed by atoms with Crippen LogP contribution in [0.15, 0.2) is 84.9 Å². The number of nitrogens with two attached hydrogens (primary N) is 1. The lowest BCUT2D eigenvalue weighted by molar-refractivity contribution is -0.128. The average molecular weight is 471 g/mol. The quantitative estimate of drug-likeness (QED) is 0.419. The highest BCUT2D eigenvalue weighted by atomic mass is 16.5. The van der Waals surface area contributed by atoms with Gasteiger partial charge in [-0.2, -0.15) is 5.26 Å². The fourth-order valence-electron chi connectivity index (χ4n) is 3.46. The van der Waals surface area contributed by atoms with Crippen LogP contribution in [-0.2, 0) is 33.8 Å². The maximum atomic E-state index is 13.1. The van der Waals surface area contributed by atoms with Crippen molar-refractivity contribution in [3.63, 3.8) is 0 Å². The van der Waals surface area contributed by atoms with Crippen LogP contribution in [0.1, 0.15) is 22.3 Å². The lowest BCUT2D eigenvalue weighted by Gasteiger charge is -2.22. The van der Waals surface area contributed by atoms with Crippen molar-refractivity contribution in [1.29, 1.82) is 5.26 Å². The summed E-state index contributed by atoms with van der Waals surface area (Å²) in [6.45, 7) is 0.0471. The maximum Gasteiger partial charge on any atom is 0.408 e. The first-order valence-corrected chi connectivity index (χ1v) is 11.0. The van der Waals surface area contributed by atoms with E-state index in [1.165, 1.54) is 0 Å². The highest BCUT2D eigenvalue weighted by molar-refractivity contribution is 5.91. The van der Waals surface area contributed by atoms with E-state index in [1.807, 2.05) is 66.7 Å². The minimum Gasteiger partial charge on any atom is -0.445 e. The van der Waals surface area contributed by atoms with E-state index in [4.69, 9.17) is 15.7 Å². The van der Waals surface area contributed by atoms with Crippen LogP contribution in [0.3, 0.4) is 0 Å². The van der Waals surface area contributed by atoms with Gasteiger partial charge in [0.15, 0.2) is 0 Å². The summed E-state index contributed by atoms with van der Waals surface area (Å²) in [5, 5.41) is 14.3. The number of nitrogens with zero attached hydrogens (tertiary/aromatic N) is 1. The molecule has 178 valence electrons. The Morgan fingerprint density at radius 3 is 2.03 bits per heavy atom. The molecule has 0 bridgehead atoms. The van der Waals surface area contributed by atoms with Crippen LogP contribution < -0.4 is 16.4 Å². The van der Waals surface area contributed by atoms with Crippen LogP contribution in [0, 0.1) is 11.3 Å². The van der Waals surface area contributed by atoms with Gasteiger partial charge in [-0.05, 0) is 28.8 Å². The Morgan fingerprint density at radius 2 is 1.40 bits per heavy atom. The van der Waals surface area contributed by atoms with Crippen molar-refractivity contribution in [2.24, 2.45) is 5.73 Å². The third-order valence-electron chi connectivity index (χ3n) is 5.26. The first kappa shape index (κ1) is 25.0. The normalized spacial score (nSPS) is 12.0. The number of ether oxygens (including phenoxy) is 1. The van der Waals surface area contributed by atoms with Gasteiger partial charge in [-0.15, -0.1) is 0 Å². The molecule has 0 spiro atoms. The molecule has 0 heterocycles. The van der Waals surface area contributed by atoms with Crippen molar-refractivity contribution in [3.05, 3.63) is 107 Å². The Balaban J connectivity index is 1.70. The number of hydrogen-bond donors (Lipinski definition) is 3. The Kier molecular flexibility index (Phi) is 8.97. The van der Waals surface area contributed by atoms with Crippen LogP contribution >= 0.6 is 0 Å². The maximum absolute atomic E-state index is 13.1. The van der Waals surface area contributed by atoms with E-state index in [0.717, 1.165) is 11.1 Å². The van der Waals surface area contributed by atoms with Crippen molar-refractivity contribution >= 4 is 17.9 Å². The second-order valence-corrected chi connectivity index (χ2v) is 7.93. The highest BCUT2D eigenvalue weighted by Crippen LogP contribution is 2.09. The lowest BCUT2D eigenvalue weighted by Crippen LogP contribution is -2.54. The molecule has 0 aromatic heterocycles. The summed E-state index contributed by atoms with van der Waals surface area (Å²) in [7, 11) is 0. The molecule has 0 saturated carbocycles. The van der Waals surface area contributed by atoms with Gasteiger partial charge in [0, 0.05) is 12.8 Å². The van der Waals surface area contributed by atoms with Gasteiger partial charge in [0.05, 0.1) is 11.6 Å². The summed E-state index contributed by atoms with van der Waals surface area (Å²) in [5.74, 6) is -1.31. The zero-order chi connectivity index (χ0) is 25.0. The van der Waals surface area contributed by atoms with Crippen LogP contribution in [0.5, 0.6) is 0 Å². The van der Waals surface area contributed by atoms with Gasteiger partial charge in [-0.25, -0.2) is 4.79 Å². The fourth-order valence-corrected chi connectivity index (χ4v) is 3.46. The number of nitriles is 1. The van der Waals surface area contributed by atoms with Crippen molar-refractivity contribution in [2.45, 2.75) is 31.5 Å². The molecule has 3 rings (SSSR count). The summed E-state index contributed by atoms with van der Waals surface area (Å²) in [6, 6.07) is 25.0.